The smallest absolute Gasteiger partial charge is 0.179 e. The van der Waals surface area contributed by atoms with E-state index in [4.69, 9.17) is 0 Å². The molecule has 0 unspecified atom stereocenters. The highest BCUT2D eigenvalue weighted by molar-refractivity contribution is 7.21. The van der Waals surface area contributed by atoms with Crippen LogP contribution in [0.4, 0.5) is 0 Å². The van der Waals surface area contributed by atoms with E-state index in [2.05, 4.69) is 308 Å². The molecule has 1 aliphatic rings. The molecule has 0 saturated heterocycles. The summed E-state index contributed by atoms with van der Waals surface area (Å²) < 4.78 is 2.45. The summed E-state index contributed by atoms with van der Waals surface area (Å²) in [7, 11) is -6.19. The van der Waals surface area contributed by atoms with Crippen LogP contribution >= 0.6 is 0 Å². The molecule has 1 heterocycles. The molecule has 0 saturated carbocycles. The maximum absolute atomic E-state index is 10.2. The Morgan fingerprint density at radius 3 is 1.03 bits per heavy atom. The van der Waals surface area contributed by atoms with Gasteiger partial charge in [0.1, 0.15) is 0 Å². The minimum Gasteiger partial charge on any atom is -0.309 e. The molecule has 2 nitrogen and oxygen atoms in total. The lowest BCUT2D eigenvalue weighted by Crippen LogP contribution is -2.76. The van der Waals surface area contributed by atoms with Crippen LogP contribution < -0.4 is 41.5 Å². The van der Waals surface area contributed by atoms with Crippen LogP contribution in [0.15, 0.2) is 303 Å². The Bertz CT molecular complexity index is 4260. The van der Waals surface area contributed by atoms with Gasteiger partial charge in [0.2, 0.25) is 0 Å². The Morgan fingerprint density at radius 1 is 0.247 bits per heavy atom. The van der Waals surface area contributed by atoms with Crippen LogP contribution in [0, 0.1) is 11.3 Å². The summed E-state index contributed by atoms with van der Waals surface area (Å²) in [5.41, 5.74) is 13.4. The van der Waals surface area contributed by atoms with Crippen molar-refractivity contribution < 1.29 is 0 Å². The van der Waals surface area contributed by atoms with Gasteiger partial charge >= 0.3 is 0 Å². The molecule has 1 aromatic heterocycles. The van der Waals surface area contributed by atoms with Gasteiger partial charge in [0.15, 0.2) is 16.1 Å². The van der Waals surface area contributed by atoms with Gasteiger partial charge < -0.3 is 4.57 Å². The lowest BCUT2D eigenvalue weighted by molar-refractivity contribution is 1.18. The number of fused-ring (bicyclic) bond motifs is 11. The molecular formula is C73H50N2Si2. The third-order valence-electron chi connectivity index (χ3n) is 16.3. The number of rotatable bonds is 9. The summed E-state index contributed by atoms with van der Waals surface area (Å²) in [6.07, 6.45) is 0. The SMILES string of the molecule is N#Cc1ccc2c(c1)-c1ccccc1-c1ccccc1-c1cc([Si](c3ccccc3)(c3ccccc3)c3ccc([Si](c4ccccc4)(c4ccccc4)c4cccc(-n5c6ccccc6c6ccccc65)c4)cc3)ccc1-2. The van der Waals surface area contributed by atoms with E-state index in [-0.39, 0.29) is 0 Å². The molecule has 0 spiro atoms. The third kappa shape index (κ3) is 7.28. The average Bonchev–Trinajstić information content (AvgIpc) is 3.94. The molecule has 0 bridgehead atoms. The second-order valence-corrected chi connectivity index (χ2v) is 27.8. The van der Waals surface area contributed by atoms with Crippen molar-refractivity contribution in [3.8, 4) is 56.3 Å². The average molecular weight is 1010 g/mol. The highest BCUT2D eigenvalue weighted by Crippen LogP contribution is 2.47. The van der Waals surface area contributed by atoms with Gasteiger partial charge in [-0.05, 0) is 122 Å². The molecule has 0 fully saturated rings. The maximum atomic E-state index is 10.2. The largest absolute Gasteiger partial charge is 0.309 e. The highest BCUT2D eigenvalue weighted by Gasteiger charge is 2.45. The predicted molar refractivity (Wildman–Crippen MR) is 328 cm³/mol. The normalized spacial score (nSPS) is 11.9. The molecule has 12 aromatic carbocycles. The molecule has 0 N–H and O–H groups in total. The molecule has 360 valence electrons. The van der Waals surface area contributed by atoms with E-state index in [9.17, 15) is 5.26 Å². The first kappa shape index (κ1) is 45.9. The molecule has 4 heteroatoms. The standard InChI is InChI=1S/C73H50N2Si2/c74-51-52-40-46-66-67-47-45-61(50-71(67)65-35-16-14-33-63(65)62-32-13-15-34-64(62)70(66)48-52)77(56-27-9-3-10-28-56,57-29-11-4-12-30-57)59-43-41-58(42-44-59)76(54-23-5-1-6-24-54,55-25-7-2-8-26-55)60-31-21-22-53(49-60)75-72-38-19-17-36-68(72)69-37-18-20-39-73(69)75/h1-50H. The van der Waals surface area contributed by atoms with Gasteiger partial charge in [-0.2, -0.15) is 5.26 Å². The van der Waals surface area contributed by atoms with Crippen molar-refractivity contribution in [3.05, 3.63) is 309 Å². The van der Waals surface area contributed by atoms with E-state index < -0.39 is 16.1 Å². The summed E-state index contributed by atoms with van der Waals surface area (Å²) >= 11 is 0. The third-order valence-corrected chi connectivity index (χ3v) is 25.9. The van der Waals surface area contributed by atoms with Gasteiger partial charge in [-0.15, -0.1) is 0 Å². The highest BCUT2D eigenvalue weighted by atomic mass is 28.3. The Kier molecular flexibility index (Phi) is 11.3. The number of hydrogen-bond donors (Lipinski definition) is 0. The van der Waals surface area contributed by atoms with Crippen LogP contribution in [-0.4, -0.2) is 20.7 Å². The summed E-state index contributed by atoms with van der Waals surface area (Å²) in [6.45, 7) is 0. The Labute approximate surface area is 451 Å². The van der Waals surface area contributed by atoms with E-state index in [0.717, 1.165) is 33.5 Å². The first-order valence-corrected chi connectivity index (χ1v) is 30.5. The summed E-state index contributed by atoms with van der Waals surface area (Å²) in [6, 6.07) is 116. The van der Waals surface area contributed by atoms with E-state index in [1.165, 1.54) is 80.0 Å². The van der Waals surface area contributed by atoms with Gasteiger partial charge in [-0.3, -0.25) is 0 Å². The fourth-order valence-corrected chi connectivity index (χ4v) is 22.5. The lowest BCUT2D eigenvalue weighted by atomic mass is 9.80. The Hall–Kier alpha value is -9.64. The first-order chi connectivity index (χ1) is 38.2. The molecule has 0 atom stereocenters. The number of benzene rings is 12. The predicted octanol–water partition coefficient (Wildman–Crippen LogP) is 12.4. The fourth-order valence-electron chi connectivity index (χ4n) is 13.0. The van der Waals surface area contributed by atoms with Gasteiger partial charge in [0.05, 0.1) is 22.7 Å². The van der Waals surface area contributed by atoms with E-state index in [1.54, 1.807) is 0 Å². The number of nitriles is 1. The van der Waals surface area contributed by atoms with Crippen LogP contribution in [0.2, 0.25) is 0 Å². The second kappa shape index (κ2) is 18.9. The monoisotopic (exact) mass is 1010 g/mol. The lowest BCUT2D eigenvalue weighted by Gasteiger charge is -2.37. The number of para-hydroxylation sites is 2. The van der Waals surface area contributed by atoms with E-state index in [0.29, 0.717) is 5.56 Å². The quantitative estimate of drug-likeness (QED) is 0.105. The minimum atomic E-state index is -3.14. The maximum Gasteiger partial charge on any atom is 0.179 e. The number of hydrogen-bond acceptors (Lipinski definition) is 1. The molecule has 13 aromatic rings. The van der Waals surface area contributed by atoms with Crippen molar-refractivity contribution in [2.75, 3.05) is 0 Å². The van der Waals surface area contributed by atoms with Crippen LogP contribution in [0.3, 0.4) is 0 Å². The van der Waals surface area contributed by atoms with Gasteiger partial charge in [0, 0.05) is 16.5 Å². The molecule has 0 aliphatic heterocycles. The van der Waals surface area contributed by atoms with E-state index >= 15 is 0 Å². The molecule has 0 amide bonds. The zero-order valence-electron chi connectivity index (χ0n) is 42.3. The van der Waals surface area contributed by atoms with Gasteiger partial charge in [0.25, 0.3) is 0 Å². The number of nitrogens with zero attached hydrogens (tertiary/aromatic N) is 2. The Morgan fingerprint density at radius 2 is 0.571 bits per heavy atom. The van der Waals surface area contributed by atoms with Crippen LogP contribution in [0.25, 0.3) is 72.0 Å². The first-order valence-electron chi connectivity index (χ1n) is 26.5. The zero-order valence-corrected chi connectivity index (χ0v) is 44.3. The molecule has 77 heavy (non-hydrogen) atoms. The van der Waals surface area contributed by atoms with E-state index in [1.807, 2.05) is 6.07 Å². The molecule has 1 aliphatic carbocycles. The molecule has 14 rings (SSSR count). The number of aromatic nitrogens is 1. The second-order valence-electron chi connectivity index (χ2n) is 20.2. The molecule has 0 radical (unpaired) electrons. The van der Waals surface area contributed by atoms with Crippen molar-refractivity contribution >= 4 is 79.4 Å². The summed E-state index contributed by atoms with van der Waals surface area (Å²) in [5.74, 6) is 0. The summed E-state index contributed by atoms with van der Waals surface area (Å²) in [5, 5.41) is 23.3. The molecular weight excluding hydrogens is 961 g/mol. The Balaban J connectivity index is 1.03. The minimum absolute atomic E-state index is 0.649. The van der Waals surface area contributed by atoms with Crippen molar-refractivity contribution in [3.63, 3.8) is 0 Å². The van der Waals surface area contributed by atoms with Crippen LogP contribution in [0.5, 0.6) is 0 Å². The van der Waals surface area contributed by atoms with Crippen molar-refractivity contribution in [2.45, 2.75) is 0 Å². The summed E-state index contributed by atoms with van der Waals surface area (Å²) in [4.78, 5) is 0. The zero-order chi connectivity index (χ0) is 51.3. The van der Waals surface area contributed by atoms with Gasteiger partial charge in [-0.1, -0.05) is 267 Å². The topological polar surface area (TPSA) is 28.7 Å². The van der Waals surface area contributed by atoms with Crippen molar-refractivity contribution in [2.24, 2.45) is 0 Å². The fraction of sp³-hybridized carbons (Fsp3) is 0. The van der Waals surface area contributed by atoms with Crippen LogP contribution in [0.1, 0.15) is 5.56 Å². The van der Waals surface area contributed by atoms with Gasteiger partial charge in [-0.25, -0.2) is 0 Å². The van der Waals surface area contributed by atoms with Crippen LogP contribution in [-0.2, 0) is 0 Å². The van der Waals surface area contributed by atoms with Crippen molar-refractivity contribution in [1.29, 1.82) is 5.26 Å². The van der Waals surface area contributed by atoms with Crippen molar-refractivity contribution in [1.82, 2.24) is 4.57 Å².